The third-order valence-electron chi connectivity index (χ3n) is 14.0. The van der Waals surface area contributed by atoms with Crippen LogP contribution in [-0.2, 0) is 28.6 Å². The van der Waals surface area contributed by atoms with E-state index in [4.69, 9.17) is 14.2 Å². The maximum atomic E-state index is 12.8. The lowest BCUT2D eigenvalue weighted by molar-refractivity contribution is -0.167. The Morgan fingerprint density at radius 1 is 0.269 bits per heavy atom. The number of ether oxygens (including phenoxy) is 3. The van der Waals surface area contributed by atoms with Crippen molar-refractivity contribution in [2.45, 2.75) is 316 Å². The third-order valence-corrected chi connectivity index (χ3v) is 14.0. The maximum absolute atomic E-state index is 12.8. The van der Waals surface area contributed by atoms with Crippen molar-refractivity contribution in [1.82, 2.24) is 0 Å². The molecule has 446 valence electrons. The number of carbonyl (C=O) groups is 3. The summed E-state index contributed by atoms with van der Waals surface area (Å²) in [4.78, 5) is 38.0. The van der Waals surface area contributed by atoms with E-state index in [-0.39, 0.29) is 31.1 Å². The summed E-state index contributed by atoms with van der Waals surface area (Å²) in [6, 6.07) is 0. The van der Waals surface area contributed by atoms with Crippen LogP contribution >= 0.6 is 0 Å². The molecule has 0 aromatic rings. The van der Waals surface area contributed by atoms with Gasteiger partial charge in [0.05, 0.1) is 0 Å². The molecule has 78 heavy (non-hydrogen) atoms. The van der Waals surface area contributed by atoms with Gasteiger partial charge in [-0.1, -0.05) is 297 Å². The van der Waals surface area contributed by atoms with Gasteiger partial charge in [-0.05, 0) is 103 Å². The van der Waals surface area contributed by atoms with Gasteiger partial charge in [0.2, 0.25) is 0 Å². The van der Waals surface area contributed by atoms with Crippen molar-refractivity contribution in [2.75, 3.05) is 13.2 Å². The van der Waals surface area contributed by atoms with E-state index in [2.05, 4.69) is 130 Å². The van der Waals surface area contributed by atoms with Crippen LogP contribution < -0.4 is 0 Å². The van der Waals surface area contributed by atoms with E-state index in [1.165, 1.54) is 135 Å². The normalized spacial score (nSPS) is 12.8. The van der Waals surface area contributed by atoms with Crippen LogP contribution in [0.25, 0.3) is 0 Å². The zero-order valence-corrected chi connectivity index (χ0v) is 51.2. The summed E-state index contributed by atoms with van der Waals surface area (Å²) in [5.74, 6) is -0.904. The van der Waals surface area contributed by atoms with Crippen LogP contribution in [0, 0.1) is 0 Å². The first-order chi connectivity index (χ1) is 38.5. The molecular weight excluding hydrogens is 961 g/mol. The van der Waals surface area contributed by atoms with E-state index in [1.54, 1.807) is 0 Å². The molecule has 1 atom stereocenters. The highest BCUT2D eigenvalue weighted by Gasteiger charge is 2.19. The van der Waals surface area contributed by atoms with Gasteiger partial charge >= 0.3 is 17.9 Å². The summed E-state index contributed by atoms with van der Waals surface area (Å²) in [5, 5.41) is 0. The monoisotopic (exact) mass is 1080 g/mol. The van der Waals surface area contributed by atoms with Crippen LogP contribution in [-0.4, -0.2) is 37.2 Å². The molecule has 0 N–H and O–H groups in total. The average Bonchev–Trinajstić information content (AvgIpc) is 3.44. The first kappa shape index (κ1) is 74.1. The summed E-state index contributed by atoms with van der Waals surface area (Å²) >= 11 is 0. The lowest BCUT2D eigenvalue weighted by Gasteiger charge is -2.18. The number of carbonyl (C=O) groups excluding carboxylic acids is 3. The Morgan fingerprint density at radius 2 is 0.500 bits per heavy atom. The minimum Gasteiger partial charge on any atom is -0.462 e. The van der Waals surface area contributed by atoms with Gasteiger partial charge in [0.25, 0.3) is 0 Å². The van der Waals surface area contributed by atoms with E-state index < -0.39 is 6.10 Å². The molecule has 0 amide bonds. The molecule has 0 spiro atoms. The number of rotatable bonds is 59. The Balaban J connectivity index is 4.03. The van der Waals surface area contributed by atoms with Gasteiger partial charge in [-0.25, -0.2) is 0 Å². The van der Waals surface area contributed by atoms with E-state index in [1.807, 2.05) is 0 Å². The van der Waals surface area contributed by atoms with Gasteiger partial charge in [-0.3, -0.25) is 14.4 Å². The number of hydrogen-bond acceptors (Lipinski definition) is 6. The fourth-order valence-corrected chi connectivity index (χ4v) is 9.17. The molecule has 0 aliphatic rings. The van der Waals surface area contributed by atoms with Gasteiger partial charge in [0.1, 0.15) is 13.2 Å². The van der Waals surface area contributed by atoms with Crippen molar-refractivity contribution in [1.29, 1.82) is 0 Å². The second kappa shape index (κ2) is 65.6. The standard InChI is InChI=1S/C72H122O6/c1-4-7-10-13-16-18-20-22-24-26-28-30-31-32-33-34-35-36-37-38-39-40-41-43-44-46-48-50-52-54-56-59-62-65-71(74)77-68-69(67-76-70(73)64-61-58-15-12-9-6-3)78-72(75)66-63-60-57-55-53-51-49-47-45-42-29-27-25-23-21-19-17-14-11-8-5-2/h7-8,10-11,16-19,22-25,28-30,42,47,49,69H,4-6,9,12-15,20-21,26-27,31-41,43-46,48,50-68H2,1-3H3/b10-7-,11-8-,18-16-,19-17-,24-22-,25-23-,30-28-,42-29-,49-47-. The molecular formula is C72H122O6. The average molecular weight is 1080 g/mol. The molecule has 0 saturated carbocycles. The Morgan fingerprint density at radius 3 is 0.782 bits per heavy atom. The van der Waals surface area contributed by atoms with E-state index in [0.29, 0.717) is 19.3 Å². The summed E-state index contributed by atoms with van der Waals surface area (Å²) in [7, 11) is 0. The summed E-state index contributed by atoms with van der Waals surface area (Å²) in [6.07, 6.45) is 90.1. The van der Waals surface area contributed by atoms with Gasteiger partial charge in [-0.15, -0.1) is 0 Å². The van der Waals surface area contributed by atoms with Crippen molar-refractivity contribution in [3.05, 3.63) is 109 Å². The highest BCUT2D eigenvalue weighted by Crippen LogP contribution is 2.17. The fraction of sp³-hybridized carbons (Fsp3) is 0.708. The van der Waals surface area contributed by atoms with Gasteiger partial charge < -0.3 is 14.2 Å². The van der Waals surface area contributed by atoms with E-state index in [0.717, 1.165) is 135 Å². The van der Waals surface area contributed by atoms with Crippen LogP contribution in [0.1, 0.15) is 310 Å². The Labute approximate surface area is 482 Å². The van der Waals surface area contributed by atoms with Crippen LogP contribution in [0.2, 0.25) is 0 Å². The van der Waals surface area contributed by atoms with Crippen LogP contribution in [0.5, 0.6) is 0 Å². The van der Waals surface area contributed by atoms with Crippen molar-refractivity contribution in [3.63, 3.8) is 0 Å². The quantitative estimate of drug-likeness (QED) is 0.0261. The topological polar surface area (TPSA) is 78.9 Å². The summed E-state index contributed by atoms with van der Waals surface area (Å²) in [6.45, 7) is 6.36. The molecule has 0 rings (SSSR count). The minimum absolute atomic E-state index is 0.0834. The third kappa shape index (κ3) is 62.9. The van der Waals surface area contributed by atoms with Crippen molar-refractivity contribution in [2.24, 2.45) is 0 Å². The molecule has 0 heterocycles. The first-order valence-corrected chi connectivity index (χ1v) is 32.9. The molecule has 6 nitrogen and oxygen atoms in total. The predicted molar refractivity (Wildman–Crippen MR) is 339 cm³/mol. The lowest BCUT2D eigenvalue weighted by Crippen LogP contribution is -2.30. The largest absolute Gasteiger partial charge is 0.462 e. The number of unbranched alkanes of at least 4 members (excludes halogenated alkanes) is 30. The fourth-order valence-electron chi connectivity index (χ4n) is 9.17. The van der Waals surface area contributed by atoms with Gasteiger partial charge in [0.15, 0.2) is 6.10 Å². The van der Waals surface area contributed by atoms with Crippen LogP contribution in [0.4, 0.5) is 0 Å². The first-order valence-electron chi connectivity index (χ1n) is 32.9. The molecule has 0 aliphatic carbocycles. The maximum Gasteiger partial charge on any atom is 0.306 e. The molecule has 0 fully saturated rings. The molecule has 0 bridgehead atoms. The predicted octanol–water partition coefficient (Wildman–Crippen LogP) is 22.6. The van der Waals surface area contributed by atoms with Crippen molar-refractivity contribution < 1.29 is 28.6 Å². The molecule has 6 heteroatoms. The molecule has 0 aromatic carbocycles. The smallest absolute Gasteiger partial charge is 0.306 e. The highest BCUT2D eigenvalue weighted by molar-refractivity contribution is 5.71. The number of hydrogen-bond donors (Lipinski definition) is 0. The van der Waals surface area contributed by atoms with Gasteiger partial charge in [-0.2, -0.15) is 0 Å². The molecule has 0 saturated heterocycles. The molecule has 1 unspecified atom stereocenters. The minimum atomic E-state index is -0.785. The second-order valence-electron chi connectivity index (χ2n) is 21.6. The molecule has 0 radical (unpaired) electrons. The van der Waals surface area contributed by atoms with E-state index >= 15 is 0 Å². The zero-order chi connectivity index (χ0) is 56.4. The molecule has 0 aromatic heterocycles. The summed E-state index contributed by atoms with van der Waals surface area (Å²) in [5.41, 5.74) is 0. The van der Waals surface area contributed by atoms with Crippen LogP contribution in [0.15, 0.2) is 109 Å². The summed E-state index contributed by atoms with van der Waals surface area (Å²) < 4.78 is 16.8. The Kier molecular flexibility index (Phi) is 62.3. The highest BCUT2D eigenvalue weighted by atomic mass is 16.6. The van der Waals surface area contributed by atoms with Crippen molar-refractivity contribution in [3.8, 4) is 0 Å². The van der Waals surface area contributed by atoms with Crippen molar-refractivity contribution >= 4 is 17.9 Å². The van der Waals surface area contributed by atoms with Gasteiger partial charge in [0, 0.05) is 19.3 Å². The molecule has 0 aliphatic heterocycles. The SMILES string of the molecule is CC/C=C\C/C=C\C/C=C\C/C=C\C/C=C\CCCCCCCC(=O)OC(COC(=O)CCCCCCCC)COC(=O)CCCCCCCCCCCCCCCCCCCCCC/C=C\C/C=C\C/C=C\C/C=C\CC. The number of allylic oxidation sites excluding steroid dienone is 18. The van der Waals surface area contributed by atoms with Crippen LogP contribution in [0.3, 0.4) is 0 Å². The zero-order valence-electron chi connectivity index (χ0n) is 51.2. The Bertz CT molecular complexity index is 1570. The number of esters is 3. The van der Waals surface area contributed by atoms with E-state index in [9.17, 15) is 14.4 Å². The second-order valence-corrected chi connectivity index (χ2v) is 21.6. The lowest BCUT2D eigenvalue weighted by atomic mass is 10.0. The Hall–Kier alpha value is -3.93.